The van der Waals surface area contributed by atoms with Gasteiger partial charge in [0.25, 0.3) is 0 Å². The van der Waals surface area contributed by atoms with Crippen LogP contribution in [0.25, 0.3) is 0 Å². The van der Waals surface area contributed by atoms with E-state index in [4.69, 9.17) is 4.74 Å². The maximum absolute atomic E-state index is 13.2. The van der Waals surface area contributed by atoms with Crippen LogP contribution in [0.1, 0.15) is 41.6 Å². The predicted molar refractivity (Wildman–Crippen MR) is 129 cm³/mol. The SMILES string of the molecule is COc1ccc(CSC2(C(=O)NCCCC(=O)c3ccccc3)CCN(C(=O)O)CC2)cc1. The Kier molecular flexibility index (Phi) is 8.77. The topological polar surface area (TPSA) is 95.9 Å². The molecule has 1 aliphatic heterocycles. The second kappa shape index (κ2) is 11.7. The highest BCUT2D eigenvalue weighted by Gasteiger charge is 2.42. The smallest absolute Gasteiger partial charge is 0.407 e. The van der Waals surface area contributed by atoms with Crippen molar-refractivity contribution in [1.29, 1.82) is 0 Å². The van der Waals surface area contributed by atoms with Gasteiger partial charge in [-0.05, 0) is 37.0 Å². The number of hydrogen-bond donors (Lipinski definition) is 2. The van der Waals surface area contributed by atoms with Crippen molar-refractivity contribution >= 4 is 29.5 Å². The van der Waals surface area contributed by atoms with Crippen molar-refractivity contribution in [3.63, 3.8) is 0 Å². The first-order valence-corrected chi connectivity index (χ1v) is 12.0. The summed E-state index contributed by atoms with van der Waals surface area (Å²) >= 11 is 1.56. The molecule has 0 saturated carbocycles. The number of nitrogens with zero attached hydrogens (tertiary/aromatic N) is 1. The molecule has 0 atom stereocenters. The molecule has 1 aliphatic rings. The van der Waals surface area contributed by atoms with Crippen LogP contribution in [0.3, 0.4) is 0 Å². The molecule has 2 N–H and O–H groups in total. The van der Waals surface area contributed by atoms with Crippen LogP contribution in [0.15, 0.2) is 54.6 Å². The Bertz CT molecular complexity index is 941. The summed E-state index contributed by atoms with van der Waals surface area (Å²) in [6.45, 7) is 1.06. The zero-order valence-electron chi connectivity index (χ0n) is 18.8. The number of ketones is 1. The molecule has 33 heavy (non-hydrogen) atoms. The van der Waals surface area contributed by atoms with Crippen molar-refractivity contribution in [3.05, 3.63) is 65.7 Å². The number of rotatable bonds is 10. The Morgan fingerprint density at radius 3 is 2.33 bits per heavy atom. The summed E-state index contributed by atoms with van der Waals surface area (Å²) in [4.78, 5) is 38.2. The molecule has 176 valence electrons. The summed E-state index contributed by atoms with van der Waals surface area (Å²) in [5.41, 5.74) is 1.75. The molecule has 8 heteroatoms. The molecule has 2 aromatic carbocycles. The van der Waals surface area contributed by atoms with Gasteiger partial charge in [-0.2, -0.15) is 0 Å². The number of methoxy groups -OCH3 is 1. The Morgan fingerprint density at radius 1 is 1.06 bits per heavy atom. The van der Waals surface area contributed by atoms with Gasteiger partial charge >= 0.3 is 6.09 Å². The van der Waals surface area contributed by atoms with Crippen LogP contribution in [0.2, 0.25) is 0 Å². The number of benzene rings is 2. The Labute approximate surface area is 198 Å². The van der Waals surface area contributed by atoms with Crippen LogP contribution in [0.5, 0.6) is 5.75 Å². The minimum atomic E-state index is -0.955. The normalized spacial score (nSPS) is 15.0. The molecular formula is C25H30N2O5S. The van der Waals surface area contributed by atoms with E-state index in [9.17, 15) is 19.5 Å². The zero-order chi connectivity index (χ0) is 23.7. The number of carbonyl (C=O) groups excluding carboxylic acids is 2. The number of carboxylic acid groups (broad SMARTS) is 1. The predicted octanol–water partition coefficient (Wildman–Crippen LogP) is 4.22. The first-order valence-electron chi connectivity index (χ1n) is 11.0. The minimum absolute atomic E-state index is 0.0585. The van der Waals surface area contributed by atoms with Gasteiger partial charge in [0, 0.05) is 37.4 Å². The zero-order valence-corrected chi connectivity index (χ0v) is 19.6. The first kappa shape index (κ1) is 24.6. The molecule has 7 nitrogen and oxygen atoms in total. The number of likely N-dealkylation sites (tertiary alicyclic amines) is 1. The Morgan fingerprint density at radius 2 is 1.73 bits per heavy atom. The second-order valence-corrected chi connectivity index (χ2v) is 9.41. The van der Waals surface area contributed by atoms with E-state index in [1.165, 1.54) is 4.90 Å². The largest absolute Gasteiger partial charge is 0.497 e. The third-order valence-electron chi connectivity index (χ3n) is 5.89. The van der Waals surface area contributed by atoms with E-state index in [1.54, 1.807) is 31.0 Å². The fourth-order valence-electron chi connectivity index (χ4n) is 3.82. The van der Waals surface area contributed by atoms with E-state index in [0.29, 0.717) is 56.6 Å². The quantitative estimate of drug-likeness (QED) is 0.399. The van der Waals surface area contributed by atoms with Gasteiger partial charge in [-0.25, -0.2) is 4.79 Å². The maximum Gasteiger partial charge on any atom is 0.407 e. The third kappa shape index (κ3) is 6.74. The summed E-state index contributed by atoms with van der Waals surface area (Å²) in [6.07, 6.45) is 0.871. The molecule has 1 saturated heterocycles. The summed E-state index contributed by atoms with van der Waals surface area (Å²) in [5, 5.41) is 12.3. The molecule has 0 unspecified atom stereocenters. The maximum atomic E-state index is 13.2. The highest BCUT2D eigenvalue weighted by molar-refractivity contribution is 8.00. The van der Waals surface area contributed by atoms with E-state index < -0.39 is 10.8 Å². The molecule has 0 spiro atoms. The van der Waals surface area contributed by atoms with Gasteiger partial charge in [-0.3, -0.25) is 9.59 Å². The summed E-state index contributed by atoms with van der Waals surface area (Å²) < 4.78 is 4.50. The molecule has 1 heterocycles. The number of thioether (sulfide) groups is 1. The van der Waals surface area contributed by atoms with Gasteiger partial charge in [0.2, 0.25) is 5.91 Å². The summed E-state index contributed by atoms with van der Waals surface area (Å²) in [5.74, 6) is 1.38. The number of Topliss-reactive ketones (excluding diaryl/α,β-unsaturated/α-hetero) is 1. The van der Waals surface area contributed by atoms with Crippen molar-refractivity contribution in [2.24, 2.45) is 0 Å². The van der Waals surface area contributed by atoms with Crippen LogP contribution in [0, 0.1) is 0 Å². The molecule has 0 aliphatic carbocycles. The Balaban J connectivity index is 1.57. The summed E-state index contributed by atoms with van der Waals surface area (Å²) in [6, 6.07) is 16.8. The lowest BCUT2D eigenvalue weighted by Gasteiger charge is -2.39. The average Bonchev–Trinajstić information content (AvgIpc) is 2.86. The third-order valence-corrected chi connectivity index (χ3v) is 7.52. The highest BCUT2D eigenvalue weighted by Crippen LogP contribution is 2.39. The van der Waals surface area contributed by atoms with Gasteiger partial charge < -0.3 is 20.1 Å². The molecule has 2 aromatic rings. The van der Waals surface area contributed by atoms with Crippen molar-refractivity contribution in [3.8, 4) is 5.75 Å². The van der Waals surface area contributed by atoms with E-state index in [2.05, 4.69) is 5.32 Å². The number of amides is 2. The number of carbonyl (C=O) groups is 3. The lowest BCUT2D eigenvalue weighted by Crippen LogP contribution is -2.53. The van der Waals surface area contributed by atoms with Gasteiger partial charge in [-0.1, -0.05) is 42.5 Å². The number of piperidine rings is 1. The van der Waals surface area contributed by atoms with E-state index in [1.807, 2.05) is 42.5 Å². The van der Waals surface area contributed by atoms with Crippen molar-refractivity contribution in [1.82, 2.24) is 10.2 Å². The van der Waals surface area contributed by atoms with Crippen LogP contribution in [-0.4, -0.2) is 59.3 Å². The van der Waals surface area contributed by atoms with Crippen LogP contribution < -0.4 is 10.1 Å². The lowest BCUT2D eigenvalue weighted by molar-refractivity contribution is -0.124. The van der Waals surface area contributed by atoms with Crippen molar-refractivity contribution < 1.29 is 24.2 Å². The van der Waals surface area contributed by atoms with Crippen LogP contribution in [0.4, 0.5) is 4.79 Å². The molecular weight excluding hydrogens is 440 g/mol. The minimum Gasteiger partial charge on any atom is -0.497 e. The standard InChI is InChI=1S/C25H30N2O5S/c1-32-21-11-9-19(10-12-21)18-33-25(13-16-27(17-14-25)24(30)31)23(29)26-15-5-8-22(28)20-6-3-2-4-7-20/h2-4,6-7,9-12H,5,8,13-18H2,1H3,(H,26,29)(H,30,31). The summed E-state index contributed by atoms with van der Waals surface area (Å²) in [7, 11) is 1.62. The number of hydrogen-bond acceptors (Lipinski definition) is 5. The van der Waals surface area contributed by atoms with E-state index >= 15 is 0 Å². The van der Waals surface area contributed by atoms with Gasteiger partial charge in [0.05, 0.1) is 11.9 Å². The molecule has 1 fully saturated rings. The molecule has 2 amide bonds. The number of nitrogens with one attached hydrogen (secondary N) is 1. The molecule has 3 rings (SSSR count). The first-order chi connectivity index (χ1) is 15.9. The van der Waals surface area contributed by atoms with Crippen molar-refractivity contribution in [2.75, 3.05) is 26.7 Å². The van der Waals surface area contributed by atoms with Gasteiger partial charge in [0.1, 0.15) is 5.75 Å². The molecule has 0 radical (unpaired) electrons. The van der Waals surface area contributed by atoms with Gasteiger partial charge in [0.15, 0.2) is 5.78 Å². The van der Waals surface area contributed by atoms with E-state index in [-0.39, 0.29) is 11.7 Å². The van der Waals surface area contributed by atoms with E-state index in [0.717, 1.165) is 11.3 Å². The van der Waals surface area contributed by atoms with Gasteiger partial charge in [-0.15, -0.1) is 11.8 Å². The fraction of sp³-hybridized carbons (Fsp3) is 0.400. The van der Waals surface area contributed by atoms with Crippen LogP contribution in [-0.2, 0) is 10.5 Å². The molecule has 0 bridgehead atoms. The average molecular weight is 471 g/mol. The highest BCUT2D eigenvalue weighted by atomic mass is 32.2. The second-order valence-electron chi connectivity index (χ2n) is 8.05. The fourth-order valence-corrected chi connectivity index (χ4v) is 5.13. The number of ether oxygens (including phenoxy) is 1. The monoisotopic (exact) mass is 470 g/mol. The molecule has 0 aromatic heterocycles. The lowest BCUT2D eigenvalue weighted by atomic mass is 9.94. The van der Waals surface area contributed by atoms with Crippen molar-refractivity contribution in [2.45, 2.75) is 36.2 Å². The Hall–Kier alpha value is -3.00. The van der Waals surface area contributed by atoms with Crippen LogP contribution >= 0.6 is 11.8 Å².